The van der Waals surface area contributed by atoms with Gasteiger partial charge in [0.15, 0.2) is 11.6 Å². The number of hydrogen-bond acceptors (Lipinski definition) is 7. The summed E-state index contributed by atoms with van der Waals surface area (Å²) in [5.41, 5.74) is 2.25. The van der Waals surface area contributed by atoms with Crippen LogP contribution in [0.1, 0.15) is 27.7 Å². The number of halogens is 1. The van der Waals surface area contributed by atoms with E-state index in [9.17, 15) is 23.6 Å². The summed E-state index contributed by atoms with van der Waals surface area (Å²) in [6.45, 7) is 1.67. The number of Topliss-reactive ketones (excluding diaryl/α,β-unsaturated/α-hetero) is 1. The average molecular weight is 583 g/mol. The van der Waals surface area contributed by atoms with Crippen molar-refractivity contribution in [3.8, 4) is 22.5 Å². The van der Waals surface area contributed by atoms with Crippen molar-refractivity contribution in [3.05, 3.63) is 132 Å². The molecule has 0 saturated heterocycles. The molecule has 210 valence electrons. The first kappa shape index (κ1) is 27.0. The molecule has 0 amide bonds. The minimum Gasteiger partial charge on any atom is -0.296 e. The SMILES string of the molecule is CCc1cc2c(=O)n(CC(=O)c3ccc(F)cc3)c(=O)n(Cc3ccc(-c4ccccc4-c4noc(=O)[nH]4)cc3)c2s1. The lowest BCUT2D eigenvalue weighted by Gasteiger charge is -2.13. The standard InChI is InChI=1S/C31H23FN4O5S/c1-2-22-15-25-28(38)35(17-26(37)20-11-13-21(32)14-12-20)31(40)36(29(25)42-22)16-18-7-9-19(10-8-18)23-5-3-4-6-24(23)27-33-30(39)41-34-27/h3-15H,2,16-17H2,1H3,(H,33,34,39). The van der Waals surface area contributed by atoms with Gasteiger partial charge >= 0.3 is 11.4 Å². The van der Waals surface area contributed by atoms with E-state index in [4.69, 9.17) is 0 Å². The molecule has 0 aliphatic carbocycles. The zero-order valence-electron chi connectivity index (χ0n) is 22.3. The third kappa shape index (κ3) is 5.06. The monoisotopic (exact) mass is 582 g/mol. The van der Waals surface area contributed by atoms with E-state index in [0.717, 1.165) is 38.3 Å². The van der Waals surface area contributed by atoms with Gasteiger partial charge in [0.25, 0.3) is 5.56 Å². The Morgan fingerprint density at radius 1 is 0.952 bits per heavy atom. The summed E-state index contributed by atoms with van der Waals surface area (Å²) in [6.07, 6.45) is 0.687. The van der Waals surface area contributed by atoms with Crippen LogP contribution in [0.25, 0.3) is 32.7 Å². The highest BCUT2D eigenvalue weighted by Crippen LogP contribution is 2.30. The van der Waals surface area contributed by atoms with Crippen LogP contribution in [0.15, 0.2) is 97.8 Å². The molecule has 1 N–H and O–H groups in total. The van der Waals surface area contributed by atoms with Crippen LogP contribution in [-0.4, -0.2) is 25.1 Å². The Labute approximate surface area is 241 Å². The Kier molecular flexibility index (Phi) is 7.09. The van der Waals surface area contributed by atoms with Crippen LogP contribution in [0.3, 0.4) is 0 Å². The number of aromatic nitrogens is 4. The number of nitrogens with zero attached hydrogens (tertiary/aromatic N) is 3. The number of carbonyl (C=O) groups is 1. The molecule has 42 heavy (non-hydrogen) atoms. The number of ketones is 1. The molecule has 0 bridgehead atoms. The van der Waals surface area contributed by atoms with Gasteiger partial charge in [-0.05, 0) is 53.4 Å². The van der Waals surface area contributed by atoms with E-state index >= 15 is 0 Å². The van der Waals surface area contributed by atoms with E-state index in [2.05, 4.69) is 14.7 Å². The summed E-state index contributed by atoms with van der Waals surface area (Å²) < 4.78 is 20.5. The van der Waals surface area contributed by atoms with E-state index in [-0.39, 0.29) is 12.1 Å². The summed E-state index contributed by atoms with van der Waals surface area (Å²) in [4.78, 5) is 55.6. The molecule has 0 unspecified atom stereocenters. The summed E-state index contributed by atoms with van der Waals surface area (Å²) in [5, 5.41) is 4.17. The zero-order valence-corrected chi connectivity index (χ0v) is 23.1. The Hall–Kier alpha value is -5.16. The van der Waals surface area contributed by atoms with Crippen molar-refractivity contribution in [2.75, 3.05) is 0 Å². The van der Waals surface area contributed by atoms with Gasteiger partial charge in [0, 0.05) is 16.0 Å². The maximum Gasteiger partial charge on any atom is 0.439 e. The van der Waals surface area contributed by atoms with E-state index in [1.54, 1.807) is 6.07 Å². The van der Waals surface area contributed by atoms with Gasteiger partial charge in [0.05, 0.1) is 18.5 Å². The number of carbonyl (C=O) groups excluding carboxylic acids is 1. The van der Waals surface area contributed by atoms with E-state index < -0.39 is 35.2 Å². The second-order valence-corrected chi connectivity index (χ2v) is 10.8. The highest BCUT2D eigenvalue weighted by Gasteiger charge is 2.19. The number of fused-ring (bicyclic) bond motifs is 1. The largest absolute Gasteiger partial charge is 0.439 e. The van der Waals surface area contributed by atoms with E-state index in [1.165, 1.54) is 28.0 Å². The van der Waals surface area contributed by atoms with Crippen molar-refractivity contribution in [2.45, 2.75) is 26.4 Å². The van der Waals surface area contributed by atoms with Crippen LogP contribution in [-0.2, 0) is 19.5 Å². The molecule has 0 atom stereocenters. The first-order valence-electron chi connectivity index (χ1n) is 13.1. The van der Waals surface area contributed by atoms with Crippen molar-refractivity contribution < 1.29 is 13.7 Å². The van der Waals surface area contributed by atoms with Gasteiger partial charge in [0.2, 0.25) is 0 Å². The fourth-order valence-electron chi connectivity index (χ4n) is 4.83. The molecule has 6 aromatic rings. The number of aromatic amines is 1. The van der Waals surface area contributed by atoms with Gasteiger partial charge in [0.1, 0.15) is 10.6 Å². The van der Waals surface area contributed by atoms with Crippen LogP contribution in [0.4, 0.5) is 4.39 Å². The van der Waals surface area contributed by atoms with Crippen LogP contribution < -0.4 is 17.0 Å². The molecule has 0 aliphatic rings. The predicted octanol–water partition coefficient (Wildman–Crippen LogP) is 4.87. The maximum absolute atomic E-state index is 13.7. The molecule has 0 aliphatic heterocycles. The Balaban J connectivity index is 1.38. The topological polar surface area (TPSA) is 120 Å². The van der Waals surface area contributed by atoms with Crippen molar-refractivity contribution in [2.24, 2.45) is 0 Å². The summed E-state index contributed by atoms with van der Waals surface area (Å²) in [7, 11) is 0. The molecule has 0 saturated carbocycles. The molecule has 11 heteroatoms. The van der Waals surface area contributed by atoms with Crippen LogP contribution in [0, 0.1) is 5.82 Å². The van der Waals surface area contributed by atoms with Crippen LogP contribution in [0.5, 0.6) is 0 Å². The Bertz CT molecular complexity index is 2120. The van der Waals surface area contributed by atoms with E-state index in [1.807, 2.05) is 55.5 Å². The number of benzene rings is 3. The second-order valence-electron chi connectivity index (χ2n) is 9.66. The van der Waals surface area contributed by atoms with Crippen LogP contribution in [0.2, 0.25) is 0 Å². The van der Waals surface area contributed by atoms with Gasteiger partial charge in [-0.3, -0.25) is 28.2 Å². The third-order valence-corrected chi connectivity index (χ3v) is 8.29. The maximum atomic E-state index is 13.7. The number of nitrogens with one attached hydrogen (secondary N) is 1. The van der Waals surface area contributed by atoms with Gasteiger partial charge in [-0.15, -0.1) is 11.3 Å². The highest BCUT2D eigenvalue weighted by molar-refractivity contribution is 7.18. The lowest BCUT2D eigenvalue weighted by Crippen LogP contribution is -2.41. The smallest absolute Gasteiger partial charge is 0.296 e. The fraction of sp³-hybridized carbons (Fsp3) is 0.129. The van der Waals surface area contributed by atoms with Crippen molar-refractivity contribution in [1.29, 1.82) is 0 Å². The number of thiophene rings is 1. The molecule has 0 spiro atoms. The predicted molar refractivity (Wildman–Crippen MR) is 158 cm³/mol. The minimum atomic E-state index is -0.646. The van der Waals surface area contributed by atoms with Crippen molar-refractivity contribution in [3.63, 3.8) is 0 Å². The van der Waals surface area contributed by atoms with Gasteiger partial charge in [-0.25, -0.2) is 14.0 Å². The zero-order chi connectivity index (χ0) is 29.4. The first-order chi connectivity index (χ1) is 20.3. The lowest BCUT2D eigenvalue weighted by molar-refractivity contribution is 0.0969. The minimum absolute atomic E-state index is 0.169. The quantitative estimate of drug-likeness (QED) is 0.256. The Morgan fingerprint density at radius 2 is 1.67 bits per heavy atom. The van der Waals surface area contributed by atoms with Gasteiger partial charge in [-0.1, -0.05) is 60.6 Å². The molecule has 0 fully saturated rings. The van der Waals surface area contributed by atoms with Gasteiger partial charge < -0.3 is 0 Å². The van der Waals surface area contributed by atoms with E-state index in [0.29, 0.717) is 28.0 Å². The van der Waals surface area contributed by atoms with Crippen LogP contribution >= 0.6 is 11.3 Å². The van der Waals surface area contributed by atoms with Crippen molar-refractivity contribution >= 4 is 27.3 Å². The fourth-order valence-corrected chi connectivity index (χ4v) is 5.91. The molecule has 0 radical (unpaired) electrons. The molecular formula is C31H23FN4O5S. The number of rotatable bonds is 8. The summed E-state index contributed by atoms with van der Waals surface area (Å²) in [5.74, 6) is -1.29. The summed E-state index contributed by atoms with van der Waals surface area (Å²) >= 11 is 1.38. The number of aryl methyl sites for hydroxylation is 1. The average Bonchev–Trinajstić information content (AvgIpc) is 3.65. The third-order valence-electron chi connectivity index (χ3n) is 6.99. The summed E-state index contributed by atoms with van der Waals surface area (Å²) in [6, 6.07) is 21.7. The molecule has 9 nitrogen and oxygen atoms in total. The highest BCUT2D eigenvalue weighted by atomic mass is 32.1. The molecule has 6 rings (SSSR count). The first-order valence-corrected chi connectivity index (χ1v) is 13.9. The molecule has 3 aromatic carbocycles. The number of H-pyrrole nitrogens is 1. The molecular weight excluding hydrogens is 559 g/mol. The van der Waals surface area contributed by atoms with Crippen molar-refractivity contribution in [1.82, 2.24) is 19.3 Å². The molecule has 3 aromatic heterocycles. The number of hydrogen-bond donors (Lipinski definition) is 1. The van der Waals surface area contributed by atoms with Gasteiger partial charge in [-0.2, -0.15) is 0 Å². The lowest BCUT2D eigenvalue weighted by atomic mass is 9.98. The normalized spacial score (nSPS) is 11.3. The second kappa shape index (κ2) is 11.0. The molecule has 3 heterocycles. The Morgan fingerprint density at radius 3 is 2.33 bits per heavy atom.